The van der Waals surface area contributed by atoms with Crippen LogP contribution < -0.4 is 5.32 Å². The standard InChI is InChI=1S/C30H28ClN3O6S/c1-3-39-28(37)20-7-13-23(14-8-20)32-27(36)25-17-26(35)34(18-19-5-11-22(31)12-6-19)30(41-25)33-24-15-9-21(10-16-24)29(38)40-4-2/h5-16,25H,3-4,17-18H2,1-2H3,(H,32,36). The van der Waals surface area contributed by atoms with Gasteiger partial charge in [0.05, 0.1) is 36.6 Å². The predicted octanol–water partition coefficient (Wildman–Crippen LogP) is 5.85. The largest absolute Gasteiger partial charge is 0.462 e. The smallest absolute Gasteiger partial charge is 0.338 e. The molecule has 0 aliphatic carbocycles. The van der Waals surface area contributed by atoms with Gasteiger partial charge in [-0.3, -0.25) is 14.5 Å². The molecule has 1 N–H and O–H groups in total. The lowest BCUT2D eigenvalue weighted by Gasteiger charge is -2.32. The maximum absolute atomic E-state index is 13.3. The summed E-state index contributed by atoms with van der Waals surface area (Å²) in [5.74, 6) is -1.52. The third kappa shape index (κ3) is 7.96. The Morgan fingerprint density at radius 3 is 2.02 bits per heavy atom. The number of carbonyl (C=O) groups is 4. The number of benzene rings is 3. The molecule has 3 aromatic rings. The topological polar surface area (TPSA) is 114 Å². The van der Waals surface area contributed by atoms with Crippen LogP contribution in [0.4, 0.5) is 11.4 Å². The van der Waals surface area contributed by atoms with E-state index in [2.05, 4.69) is 10.3 Å². The lowest BCUT2D eigenvalue weighted by atomic mass is 10.2. The summed E-state index contributed by atoms with van der Waals surface area (Å²) in [7, 11) is 0. The first kappa shape index (κ1) is 29.8. The minimum absolute atomic E-state index is 0.0359. The number of aliphatic imine (C=N–C) groups is 1. The van der Waals surface area contributed by atoms with Gasteiger partial charge < -0.3 is 14.8 Å². The molecule has 1 heterocycles. The number of ether oxygens (including phenoxy) is 2. The van der Waals surface area contributed by atoms with Crippen LogP contribution in [0.2, 0.25) is 5.02 Å². The van der Waals surface area contributed by atoms with Gasteiger partial charge in [0.25, 0.3) is 0 Å². The fourth-order valence-corrected chi connectivity index (χ4v) is 5.12. The minimum Gasteiger partial charge on any atom is -0.462 e. The van der Waals surface area contributed by atoms with Crippen molar-refractivity contribution < 1.29 is 28.7 Å². The maximum atomic E-state index is 13.3. The highest BCUT2D eigenvalue weighted by Crippen LogP contribution is 2.31. The van der Waals surface area contributed by atoms with Crippen LogP contribution in [0.5, 0.6) is 0 Å². The van der Waals surface area contributed by atoms with Crippen molar-refractivity contribution in [3.8, 4) is 0 Å². The molecular formula is C30H28ClN3O6S. The van der Waals surface area contributed by atoms with Crippen LogP contribution in [0.1, 0.15) is 46.5 Å². The van der Waals surface area contributed by atoms with E-state index in [4.69, 9.17) is 21.1 Å². The van der Waals surface area contributed by atoms with E-state index in [1.165, 1.54) is 16.7 Å². The van der Waals surface area contributed by atoms with Crippen LogP contribution in [-0.2, 0) is 25.6 Å². The van der Waals surface area contributed by atoms with Gasteiger partial charge in [-0.05, 0) is 80.1 Å². The maximum Gasteiger partial charge on any atom is 0.338 e. The number of amidine groups is 1. The van der Waals surface area contributed by atoms with Crippen molar-refractivity contribution in [3.05, 3.63) is 94.5 Å². The minimum atomic E-state index is -0.744. The number of halogens is 1. The van der Waals surface area contributed by atoms with Crippen LogP contribution in [0.25, 0.3) is 0 Å². The Morgan fingerprint density at radius 1 is 0.902 bits per heavy atom. The third-order valence-corrected chi connectivity index (χ3v) is 7.39. The van der Waals surface area contributed by atoms with Gasteiger partial charge in [0, 0.05) is 17.1 Å². The fraction of sp³-hybridized carbons (Fsp3) is 0.233. The van der Waals surface area contributed by atoms with Crippen molar-refractivity contribution in [3.63, 3.8) is 0 Å². The molecule has 1 aliphatic heterocycles. The average molecular weight is 594 g/mol. The van der Waals surface area contributed by atoms with Crippen LogP contribution in [0.3, 0.4) is 0 Å². The Morgan fingerprint density at radius 2 is 1.46 bits per heavy atom. The number of hydrogen-bond donors (Lipinski definition) is 1. The van der Waals surface area contributed by atoms with Crippen LogP contribution in [0.15, 0.2) is 77.8 Å². The van der Waals surface area contributed by atoms with Crippen molar-refractivity contribution in [2.24, 2.45) is 4.99 Å². The highest BCUT2D eigenvalue weighted by atomic mass is 35.5. The third-order valence-electron chi connectivity index (χ3n) is 5.95. The quantitative estimate of drug-likeness (QED) is 0.309. The van der Waals surface area contributed by atoms with E-state index in [0.717, 1.165) is 5.56 Å². The van der Waals surface area contributed by atoms with Gasteiger partial charge in [-0.25, -0.2) is 14.6 Å². The SMILES string of the molecule is CCOC(=O)c1ccc(N=C2SC(C(=O)Nc3ccc(C(=O)OCC)cc3)CC(=O)N2Cc2ccc(Cl)cc2)cc1. The van der Waals surface area contributed by atoms with Gasteiger partial charge in [-0.15, -0.1) is 0 Å². The zero-order chi connectivity index (χ0) is 29.4. The Hall–Kier alpha value is -4.15. The molecule has 0 spiro atoms. The van der Waals surface area contributed by atoms with Gasteiger partial charge in [-0.1, -0.05) is 35.5 Å². The number of esters is 2. The lowest BCUT2D eigenvalue weighted by Crippen LogP contribution is -2.44. The normalized spacial score (nSPS) is 15.9. The number of carbonyl (C=O) groups excluding carboxylic acids is 4. The summed E-state index contributed by atoms with van der Waals surface area (Å²) in [6, 6.07) is 20.0. The fourth-order valence-electron chi connectivity index (χ4n) is 3.89. The van der Waals surface area contributed by atoms with E-state index in [0.29, 0.717) is 32.7 Å². The molecule has 1 saturated heterocycles. The Balaban J connectivity index is 1.55. The molecule has 0 radical (unpaired) electrons. The molecular weight excluding hydrogens is 566 g/mol. The van der Waals surface area contributed by atoms with Crippen molar-refractivity contribution in [2.75, 3.05) is 18.5 Å². The Bertz CT molecular complexity index is 1440. The van der Waals surface area contributed by atoms with E-state index >= 15 is 0 Å². The molecule has 1 atom stereocenters. The summed E-state index contributed by atoms with van der Waals surface area (Å²) in [6.45, 7) is 4.23. The van der Waals surface area contributed by atoms with E-state index in [1.54, 1.807) is 74.5 Å². The summed E-state index contributed by atoms with van der Waals surface area (Å²) in [6.07, 6.45) is -0.0359. The van der Waals surface area contributed by atoms with Crippen molar-refractivity contribution in [1.82, 2.24) is 4.90 Å². The Kier molecular flexibility index (Phi) is 10.2. The molecule has 41 heavy (non-hydrogen) atoms. The molecule has 1 fully saturated rings. The summed E-state index contributed by atoms with van der Waals surface area (Å²) in [5.41, 5.74) is 2.58. The monoisotopic (exact) mass is 593 g/mol. The van der Waals surface area contributed by atoms with Crippen LogP contribution in [-0.4, -0.2) is 52.3 Å². The van der Waals surface area contributed by atoms with E-state index in [9.17, 15) is 19.2 Å². The molecule has 1 aliphatic rings. The van der Waals surface area contributed by atoms with E-state index < -0.39 is 17.2 Å². The number of rotatable bonds is 9. The molecule has 3 aromatic carbocycles. The molecule has 2 amide bonds. The van der Waals surface area contributed by atoms with Gasteiger partial charge in [0.2, 0.25) is 11.8 Å². The van der Waals surface area contributed by atoms with Crippen molar-refractivity contribution in [2.45, 2.75) is 32.1 Å². The Labute approximate surface area is 246 Å². The number of anilines is 1. The molecule has 0 aromatic heterocycles. The number of nitrogens with zero attached hydrogens (tertiary/aromatic N) is 2. The zero-order valence-corrected chi connectivity index (χ0v) is 24.0. The van der Waals surface area contributed by atoms with E-state index in [-0.39, 0.29) is 38.0 Å². The van der Waals surface area contributed by atoms with Crippen LogP contribution in [0, 0.1) is 0 Å². The molecule has 0 bridgehead atoms. The number of nitrogens with one attached hydrogen (secondary N) is 1. The zero-order valence-electron chi connectivity index (χ0n) is 22.5. The number of thioether (sulfide) groups is 1. The summed E-state index contributed by atoms with van der Waals surface area (Å²) < 4.78 is 10.0. The summed E-state index contributed by atoms with van der Waals surface area (Å²) in [4.78, 5) is 56.7. The second-order valence-electron chi connectivity index (χ2n) is 8.87. The summed E-state index contributed by atoms with van der Waals surface area (Å²) in [5, 5.41) is 2.99. The second-order valence-corrected chi connectivity index (χ2v) is 10.5. The lowest BCUT2D eigenvalue weighted by molar-refractivity contribution is -0.129. The van der Waals surface area contributed by atoms with E-state index in [1.807, 2.05) is 12.1 Å². The second kappa shape index (κ2) is 14.0. The van der Waals surface area contributed by atoms with Gasteiger partial charge >= 0.3 is 11.9 Å². The van der Waals surface area contributed by atoms with Gasteiger partial charge in [-0.2, -0.15) is 0 Å². The summed E-state index contributed by atoms with van der Waals surface area (Å²) >= 11 is 7.20. The highest BCUT2D eigenvalue weighted by molar-refractivity contribution is 8.15. The first-order valence-electron chi connectivity index (χ1n) is 12.9. The molecule has 9 nitrogen and oxygen atoms in total. The number of amides is 2. The molecule has 0 saturated carbocycles. The molecule has 4 rings (SSSR count). The van der Waals surface area contributed by atoms with Gasteiger partial charge in [0.1, 0.15) is 5.25 Å². The van der Waals surface area contributed by atoms with Crippen LogP contribution >= 0.6 is 23.4 Å². The molecule has 11 heteroatoms. The van der Waals surface area contributed by atoms with Crippen molar-refractivity contribution >= 4 is 63.7 Å². The average Bonchev–Trinajstić information content (AvgIpc) is 2.96. The highest BCUT2D eigenvalue weighted by Gasteiger charge is 2.36. The van der Waals surface area contributed by atoms with Gasteiger partial charge in [0.15, 0.2) is 5.17 Å². The first-order valence-corrected chi connectivity index (χ1v) is 14.2. The first-order chi connectivity index (χ1) is 19.8. The predicted molar refractivity (Wildman–Crippen MR) is 159 cm³/mol. The molecule has 1 unspecified atom stereocenters. The molecule has 212 valence electrons. The van der Waals surface area contributed by atoms with Crippen molar-refractivity contribution in [1.29, 1.82) is 0 Å². The number of hydrogen-bond acceptors (Lipinski definition) is 8.